The molecule has 6 nitrogen and oxygen atoms in total. The maximum absolute atomic E-state index is 5.91. The average molecular weight is 434 g/mol. The summed E-state index contributed by atoms with van der Waals surface area (Å²) in [4.78, 5) is 17.0. The monoisotopic (exact) mass is 433 g/mol. The van der Waals surface area contributed by atoms with Crippen LogP contribution in [0.25, 0.3) is 11.4 Å². The molecular formula is C24H27N5OS. The van der Waals surface area contributed by atoms with Crippen LogP contribution in [0, 0.1) is 0 Å². The van der Waals surface area contributed by atoms with Gasteiger partial charge in [-0.3, -0.25) is 0 Å². The number of aromatic nitrogens is 3. The number of anilines is 2. The van der Waals surface area contributed by atoms with Crippen molar-refractivity contribution in [1.29, 1.82) is 0 Å². The van der Waals surface area contributed by atoms with Crippen LogP contribution in [0.5, 0.6) is 0 Å². The van der Waals surface area contributed by atoms with Crippen LogP contribution in [0.1, 0.15) is 31.4 Å². The smallest absolute Gasteiger partial charge is 0.161 e. The fourth-order valence-corrected chi connectivity index (χ4v) is 5.71. The number of hydrogen-bond acceptors (Lipinski definition) is 7. The topological polar surface area (TPSA) is 77.2 Å². The van der Waals surface area contributed by atoms with Crippen LogP contribution in [-0.2, 0) is 9.48 Å². The first kappa shape index (κ1) is 20.3. The zero-order valence-electron chi connectivity index (χ0n) is 17.5. The molecule has 3 aromatic rings. The molecule has 1 aliphatic carbocycles. The van der Waals surface area contributed by atoms with Crippen molar-refractivity contribution in [3.05, 3.63) is 60.4 Å². The van der Waals surface area contributed by atoms with E-state index in [4.69, 9.17) is 20.4 Å². The summed E-state index contributed by atoms with van der Waals surface area (Å²) in [5, 5.41) is 1.05. The predicted octanol–water partition coefficient (Wildman–Crippen LogP) is 4.52. The van der Waals surface area contributed by atoms with Crippen molar-refractivity contribution in [2.75, 3.05) is 36.9 Å². The van der Waals surface area contributed by atoms with E-state index in [1.165, 1.54) is 12.8 Å². The Labute approximate surface area is 187 Å². The van der Waals surface area contributed by atoms with Crippen molar-refractivity contribution in [3.8, 4) is 11.4 Å². The van der Waals surface area contributed by atoms with Gasteiger partial charge in [0.05, 0.1) is 28.7 Å². The molecule has 1 saturated heterocycles. The number of morpholine rings is 1. The van der Waals surface area contributed by atoms with Gasteiger partial charge in [-0.15, -0.1) is 0 Å². The lowest BCUT2D eigenvalue weighted by Gasteiger charge is -2.31. The third kappa shape index (κ3) is 4.38. The fraction of sp³-hybridized carbons (Fsp3) is 0.375. The minimum absolute atomic E-state index is 0.0825. The minimum atomic E-state index is -0.0825. The van der Waals surface area contributed by atoms with E-state index in [1.54, 1.807) is 0 Å². The molecule has 0 unspecified atom stereocenters. The number of thioether (sulfide) groups is 1. The van der Waals surface area contributed by atoms with Crippen LogP contribution in [0.15, 0.2) is 59.8 Å². The summed E-state index contributed by atoms with van der Waals surface area (Å²) in [7, 11) is 0. The molecule has 1 aliphatic heterocycles. The Balaban J connectivity index is 1.60. The van der Waals surface area contributed by atoms with Gasteiger partial charge in [0.25, 0.3) is 0 Å². The number of rotatable bonds is 5. The van der Waals surface area contributed by atoms with Crippen molar-refractivity contribution in [2.45, 2.75) is 35.5 Å². The van der Waals surface area contributed by atoms with Crippen molar-refractivity contribution in [3.63, 3.8) is 0 Å². The van der Waals surface area contributed by atoms with Crippen molar-refractivity contribution >= 4 is 23.3 Å². The molecule has 31 heavy (non-hydrogen) atoms. The molecule has 2 aliphatic rings. The normalized spacial score (nSPS) is 18.3. The Morgan fingerprint density at radius 3 is 2.45 bits per heavy atom. The molecular weight excluding hydrogens is 406 g/mol. The molecule has 160 valence electrons. The first-order valence-electron chi connectivity index (χ1n) is 10.9. The molecule has 0 atom stereocenters. The molecule has 5 rings (SSSR count). The third-order valence-corrected chi connectivity index (χ3v) is 7.49. The molecule has 2 aromatic heterocycles. The van der Waals surface area contributed by atoms with Crippen LogP contribution in [0.4, 0.5) is 11.5 Å². The van der Waals surface area contributed by atoms with Gasteiger partial charge in [-0.2, -0.15) is 0 Å². The quantitative estimate of drug-likeness (QED) is 0.593. The Hall–Kier alpha value is -2.64. The summed E-state index contributed by atoms with van der Waals surface area (Å²) in [6.07, 6.45) is 6.45. The van der Waals surface area contributed by atoms with Gasteiger partial charge in [-0.1, -0.05) is 30.7 Å². The Morgan fingerprint density at radius 1 is 0.968 bits per heavy atom. The van der Waals surface area contributed by atoms with E-state index in [2.05, 4.69) is 28.1 Å². The van der Waals surface area contributed by atoms with E-state index in [0.29, 0.717) is 0 Å². The van der Waals surface area contributed by atoms with Crippen molar-refractivity contribution in [2.24, 2.45) is 0 Å². The zero-order chi connectivity index (χ0) is 21.1. The predicted molar refractivity (Wildman–Crippen MR) is 125 cm³/mol. The molecule has 1 saturated carbocycles. The summed E-state index contributed by atoms with van der Waals surface area (Å²) in [6, 6.07) is 16.1. The lowest BCUT2D eigenvalue weighted by atomic mass is 10.0. The molecule has 2 N–H and O–H groups in total. The number of benzene rings is 1. The Morgan fingerprint density at radius 2 is 1.74 bits per heavy atom. The van der Waals surface area contributed by atoms with Crippen LogP contribution in [-0.4, -0.2) is 41.3 Å². The van der Waals surface area contributed by atoms with E-state index in [9.17, 15) is 0 Å². The van der Waals surface area contributed by atoms with Gasteiger partial charge in [0.1, 0.15) is 5.82 Å². The van der Waals surface area contributed by atoms with Gasteiger partial charge in [-0.05, 0) is 49.2 Å². The average Bonchev–Trinajstić information content (AvgIpc) is 3.30. The Bertz CT molecular complexity index is 1020. The van der Waals surface area contributed by atoms with Crippen LogP contribution >= 0.6 is 11.8 Å². The van der Waals surface area contributed by atoms with E-state index < -0.39 is 0 Å². The summed E-state index contributed by atoms with van der Waals surface area (Å²) < 4.78 is 5.48. The fourth-order valence-electron chi connectivity index (χ4n) is 4.35. The summed E-state index contributed by atoms with van der Waals surface area (Å²) in [5.41, 5.74) is 8.75. The zero-order valence-corrected chi connectivity index (χ0v) is 18.4. The largest absolute Gasteiger partial charge is 0.399 e. The van der Waals surface area contributed by atoms with Crippen LogP contribution < -0.4 is 10.6 Å². The number of nitrogens with two attached hydrogens (primary N) is 1. The number of hydrogen-bond donors (Lipinski definition) is 1. The summed E-state index contributed by atoms with van der Waals surface area (Å²) in [5.74, 6) is 1.74. The molecule has 7 heteroatoms. The lowest BCUT2D eigenvalue weighted by Crippen LogP contribution is -2.37. The first-order chi connectivity index (χ1) is 15.2. The second-order valence-corrected chi connectivity index (χ2v) is 9.53. The van der Waals surface area contributed by atoms with Gasteiger partial charge in [0.2, 0.25) is 0 Å². The highest BCUT2D eigenvalue weighted by Gasteiger charge is 2.39. The van der Waals surface area contributed by atoms with E-state index in [-0.39, 0.29) is 4.75 Å². The lowest BCUT2D eigenvalue weighted by molar-refractivity contribution is 0.122. The van der Waals surface area contributed by atoms with Gasteiger partial charge in [0, 0.05) is 36.6 Å². The van der Waals surface area contributed by atoms with Crippen molar-refractivity contribution < 1.29 is 4.74 Å². The molecule has 0 spiro atoms. The molecule has 0 radical (unpaired) electrons. The summed E-state index contributed by atoms with van der Waals surface area (Å²) >= 11 is 1.85. The van der Waals surface area contributed by atoms with Gasteiger partial charge in [0.15, 0.2) is 5.82 Å². The van der Waals surface area contributed by atoms with E-state index in [1.807, 2.05) is 48.3 Å². The summed E-state index contributed by atoms with van der Waals surface area (Å²) in [6.45, 7) is 3.14. The molecule has 2 fully saturated rings. The molecule has 3 heterocycles. The van der Waals surface area contributed by atoms with Gasteiger partial charge < -0.3 is 15.4 Å². The van der Waals surface area contributed by atoms with Crippen LogP contribution in [0.2, 0.25) is 0 Å². The maximum atomic E-state index is 5.91. The van der Waals surface area contributed by atoms with Gasteiger partial charge >= 0.3 is 0 Å². The Kier molecular flexibility index (Phi) is 5.78. The highest BCUT2D eigenvalue weighted by Crippen LogP contribution is 2.52. The number of nitrogen functional groups attached to an aromatic ring is 1. The first-order valence-corrected chi connectivity index (χ1v) is 11.7. The number of ether oxygens (including phenoxy) is 1. The minimum Gasteiger partial charge on any atom is -0.399 e. The molecule has 0 bridgehead atoms. The highest BCUT2D eigenvalue weighted by molar-refractivity contribution is 8.00. The second kappa shape index (κ2) is 8.85. The number of nitrogens with zero attached hydrogens (tertiary/aromatic N) is 4. The SMILES string of the molecule is Nc1ccc(-c2nc(N3CCOCC3)cc(C3(Sc4ccccn4)CCCC3)n2)cc1. The standard InChI is InChI=1S/C24H27N5OS/c25-19-8-6-18(7-9-19)23-27-20(17-21(28-23)29-13-15-30-16-14-29)24(10-2-3-11-24)31-22-5-1-4-12-26-22/h1,4-9,12,17H,2-3,10-11,13-16,25H2. The van der Waals surface area contributed by atoms with Crippen LogP contribution in [0.3, 0.4) is 0 Å². The number of pyridine rings is 1. The maximum Gasteiger partial charge on any atom is 0.161 e. The van der Waals surface area contributed by atoms with E-state index >= 15 is 0 Å². The van der Waals surface area contributed by atoms with Gasteiger partial charge in [-0.25, -0.2) is 15.0 Å². The molecule has 1 aromatic carbocycles. The van der Waals surface area contributed by atoms with Crippen molar-refractivity contribution in [1.82, 2.24) is 15.0 Å². The third-order valence-electron chi connectivity index (χ3n) is 6.03. The second-order valence-electron chi connectivity index (χ2n) is 8.13. The highest BCUT2D eigenvalue weighted by atomic mass is 32.2. The molecule has 0 amide bonds. The van der Waals surface area contributed by atoms with E-state index in [0.717, 1.165) is 72.8 Å².